The van der Waals surface area contributed by atoms with E-state index in [1.165, 1.54) is 0 Å². The maximum atomic E-state index is 10.1. The molecular formula is C15H25ClN2O. The maximum absolute atomic E-state index is 10.1. The van der Waals surface area contributed by atoms with Gasteiger partial charge in [0.1, 0.15) is 0 Å². The second-order valence-corrected chi connectivity index (χ2v) is 5.16. The third-order valence-corrected chi connectivity index (χ3v) is 3.83. The van der Waals surface area contributed by atoms with Gasteiger partial charge in [-0.15, -0.1) is 0 Å². The average Bonchev–Trinajstić information content (AvgIpc) is 2.42. The van der Waals surface area contributed by atoms with Crippen LogP contribution >= 0.6 is 11.6 Å². The summed E-state index contributed by atoms with van der Waals surface area (Å²) in [4.78, 5) is 2.35. The molecule has 3 nitrogen and oxygen atoms in total. The molecule has 0 bridgehead atoms. The third-order valence-electron chi connectivity index (χ3n) is 3.40. The van der Waals surface area contributed by atoms with Crippen LogP contribution in [0.2, 0.25) is 5.02 Å². The second kappa shape index (κ2) is 8.54. The Morgan fingerprint density at radius 1 is 1.32 bits per heavy atom. The highest BCUT2D eigenvalue weighted by Crippen LogP contribution is 2.20. The van der Waals surface area contributed by atoms with Gasteiger partial charge in [0.25, 0.3) is 0 Å². The molecule has 0 radical (unpaired) electrons. The standard InChI is InChI=1S/C15H25ClN2O/c1-4-18(5-2)9-8-17-11-15(19)13-6-7-14(16)12(3)10-13/h6-7,10,15,17,19H,4-5,8-9,11H2,1-3H3. The molecule has 0 spiro atoms. The van der Waals surface area contributed by atoms with Gasteiger partial charge in [0, 0.05) is 24.7 Å². The van der Waals surface area contributed by atoms with Crippen molar-refractivity contribution in [2.75, 3.05) is 32.7 Å². The van der Waals surface area contributed by atoms with E-state index in [-0.39, 0.29) is 0 Å². The topological polar surface area (TPSA) is 35.5 Å². The molecule has 0 aromatic heterocycles. The molecule has 1 unspecified atom stereocenters. The number of halogens is 1. The predicted octanol–water partition coefficient (Wildman–Crippen LogP) is 2.61. The normalized spacial score (nSPS) is 12.9. The van der Waals surface area contributed by atoms with Crippen LogP contribution in [0.1, 0.15) is 31.1 Å². The van der Waals surface area contributed by atoms with Crippen molar-refractivity contribution in [3.63, 3.8) is 0 Å². The number of nitrogens with zero attached hydrogens (tertiary/aromatic N) is 1. The number of hydrogen-bond donors (Lipinski definition) is 2. The zero-order valence-electron chi connectivity index (χ0n) is 12.1. The Balaban J connectivity index is 2.34. The van der Waals surface area contributed by atoms with Crippen LogP contribution in [-0.4, -0.2) is 42.7 Å². The number of hydrogen-bond acceptors (Lipinski definition) is 3. The van der Waals surface area contributed by atoms with E-state index >= 15 is 0 Å². The van der Waals surface area contributed by atoms with Gasteiger partial charge in [0.15, 0.2) is 0 Å². The fourth-order valence-corrected chi connectivity index (χ4v) is 2.13. The Morgan fingerprint density at radius 2 is 2.00 bits per heavy atom. The number of nitrogens with one attached hydrogen (secondary N) is 1. The first kappa shape index (κ1) is 16.4. The van der Waals surface area contributed by atoms with E-state index < -0.39 is 6.10 Å². The number of benzene rings is 1. The van der Waals surface area contributed by atoms with Gasteiger partial charge in [0.05, 0.1) is 6.10 Å². The SMILES string of the molecule is CCN(CC)CCNCC(O)c1ccc(Cl)c(C)c1. The summed E-state index contributed by atoms with van der Waals surface area (Å²) in [7, 11) is 0. The second-order valence-electron chi connectivity index (χ2n) is 4.76. The van der Waals surface area contributed by atoms with Gasteiger partial charge >= 0.3 is 0 Å². The van der Waals surface area contributed by atoms with Crippen molar-refractivity contribution in [3.8, 4) is 0 Å². The molecule has 1 aromatic rings. The van der Waals surface area contributed by atoms with Crippen molar-refractivity contribution in [2.45, 2.75) is 26.9 Å². The Morgan fingerprint density at radius 3 is 2.58 bits per heavy atom. The van der Waals surface area contributed by atoms with Crippen LogP contribution < -0.4 is 5.32 Å². The van der Waals surface area contributed by atoms with Crippen LogP contribution in [-0.2, 0) is 0 Å². The fourth-order valence-electron chi connectivity index (χ4n) is 2.01. The van der Waals surface area contributed by atoms with Crippen LogP contribution in [0.3, 0.4) is 0 Å². The van der Waals surface area contributed by atoms with Crippen molar-refractivity contribution >= 4 is 11.6 Å². The molecule has 1 aromatic carbocycles. The minimum Gasteiger partial charge on any atom is -0.387 e. The molecule has 0 aliphatic rings. The number of rotatable bonds is 8. The number of aliphatic hydroxyl groups excluding tert-OH is 1. The lowest BCUT2D eigenvalue weighted by Gasteiger charge is -2.19. The quantitative estimate of drug-likeness (QED) is 0.721. The van der Waals surface area contributed by atoms with Crippen LogP contribution in [0.15, 0.2) is 18.2 Å². The van der Waals surface area contributed by atoms with E-state index in [0.29, 0.717) is 6.54 Å². The van der Waals surface area contributed by atoms with Crippen molar-refractivity contribution in [2.24, 2.45) is 0 Å². The Kier molecular flexibility index (Phi) is 7.39. The van der Waals surface area contributed by atoms with Crippen LogP contribution in [0.4, 0.5) is 0 Å². The van der Waals surface area contributed by atoms with E-state index in [9.17, 15) is 5.11 Å². The molecule has 0 aliphatic heterocycles. The summed E-state index contributed by atoms with van der Waals surface area (Å²) < 4.78 is 0. The molecule has 1 atom stereocenters. The monoisotopic (exact) mass is 284 g/mol. The summed E-state index contributed by atoms with van der Waals surface area (Å²) >= 11 is 5.98. The van der Waals surface area contributed by atoms with Crippen molar-refractivity contribution < 1.29 is 5.11 Å². The summed E-state index contributed by atoms with van der Waals surface area (Å²) in [6, 6.07) is 5.66. The first-order valence-electron chi connectivity index (χ1n) is 6.95. The van der Waals surface area contributed by atoms with Gasteiger partial charge < -0.3 is 15.3 Å². The molecular weight excluding hydrogens is 260 g/mol. The summed E-state index contributed by atoms with van der Waals surface area (Å²) in [6.45, 7) is 10.9. The first-order valence-corrected chi connectivity index (χ1v) is 7.33. The predicted molar refractivity (Wildman–Crippen MR) is 81.8 cm³/mol. The van der Waals surface area contributed by atoms with Gasteiger partial charge in [-0.3, -0.25) is 0 Å². The van der Waals surface area contributed by atoms with Gasteiger partial charge in [0.2, 0.25) is 0 Å². The first-order chi connectivity index (χ1) is 9.08. The molecule has 0 saturated heterocycles. The van der Waals surface area contributed by atoms with Gasteiger partial charge in [-0.1, -0.05) is 37.6 Å². The molecule has 19 heavy (non-hydrogen) atoms. The molecule has 2 N–H and O–H groups in total. The molecule has 0 amide bonds. The van der Waals surface area contributed by atoms with E-state index in [2.05, 4.69) is 24.1 Å². The van der Waals surface area contributed by atoms with Gasteiger partial charge in [-0.25, -0.2) is 0 Å². The average molecular weight is 285 g/mol. The number of aliphatic hydroxyl groups is 1. The van der Waals surface area contributed by atoms with Crippen molar-refractivity contribution in [1.29, 1.82) is 0 Å². The van der Waals surface area contributed by atoms with Crippen molar-refractivity contribution in [3.05, 3.63) is 34.3 Å². The minimum absolute atomic E-state index is 0.479. The Hall–Kier alpha value is -0.610. The van der Waals surface area contributed by atoms with E-state index in [0.717, 1.165) is 42.3 Å². The van der Waals surface area contributed by atoms with Gasteiger partial charge in [-0.05, 0) is 37.2 Å². The number of aryl methyl sites for hydroxylation is 1. The van der Waals surface area contributed by atoms with Crippen LogP contribution in [0.5, 0.6) is 0 Å². The highest BCUT2D eigenvalue weighted by Gasteiger charge is 2.08. The molecule has 0 aliphatic carbocycles. The van der Waals surface area contributed by atoms with E-state index in [4.69, 9.17) is 11.6 Å². The smallest absolute Gasteiger partial charge is 0.0914 e. The summed E-state index contributed by atoms with van der Waals surface area (Å²) in [5.74, 6) is 0. The lowest BCUT2D eigenvalue weighted by atomic mass is 10.1. The summed E-state index contributed by atoms with van der Waals surface area (Å²) in [5, 5.41) is 14.1. The minimum atomic E-state index is -0.479. The lowest BCUT2D eigenvalue weighted by Crippen LogP contribution is -2.33. The van der Waals surface area contributed by atoms with E-state index in [1.54, 1.807) is 0 Å². The maximum Gasteiger partial charge on any atom is 0.0914 e. The summed E-state index contributed by atoms with van der Waals surface area (Å²) in [6.07, 6.45) is -0.479. The molecule has 0 heterocycles. The highest BCUT2D eigenvalue weighted by atomic mass is 35.5. The third kappa shape index (κ3) is 5.49. The Bertz CT molecular complexity index is 380. The molecule has 1 rings (SSSR count). The van der Waals surface area contributed by atoms with Crippen molar-refractivity contribution in [1.82, 2.24) is 10.2 Å². The van der Waals surface area contributed by atoms with E-state index in [1.807, 2.05) is 25.1 Å². The zero-order valence-corrected chi connectivity index (χ0v) is 12.9. The highest BCUT2D eigenvalue weighted by molar-refractivity contribution is 6.31. The molecule has 108 valence electrons. The zero-order chi connectivity index (χ0) is 14.3. The fraction of sp³-hybridized carbons (Fsp3) is 0.600. The van der Waals surface area contributed by atoms with Crippen LogP contribution in [0.25, 0.3) is 0 Å². The van der Waals surface area contributed by atoms with Gasteiger partial charge in [-0.2, -0.15) is 0 Å². The number of likely N-dealkylation sites (N-methyl/N-ethyl adjacent to an activating group) is 1. The molecule has 0 fully saturated rings. The lowest BCUT2D eigenvalue weighted by molar-refractivity contribution is 0.172. The Labute approximate surface area is 121 Å². The largest absolute Gasteiger partial charge is 0.387 e. The van der Waals surface area contributed by atoms with Crippen LogP contribution in [0, 0.1) is 6.92 Å². The molecule has 0 saturated carbocycles. The summed E-state index contributed by atoms with van der Waals surface area (Å²) in [5.41, 5.74) is 1.92. The molecule has 4 heteroatoms.